The van der Waals surface area contributed by atoms with Crippen LogP contribution in [0.1, 0.15) is 53.4 Å². The molecule has 0 aromatic carbocycles. The maximum atomic E-state index is 11.7. The average Bonchev–Trinajstić information content (AvgIpc) is 2.71. The van der Waals surface area contributed by atoms with Crippen LogP contribution in [0.25, 0.3) is 0 Å². The molecule has 0 radical (unpaired) electrons. The Labute approximate surface area is 191 Å². The van der Waals surface area contributed by atoms with Crippen molar-refractivity contribution in [2.45, 2.75) is 77.5 Å². The summed E-state index contributed by atoms with van der Waals surface area (Å²) in [6.07, 6.45) is 2.91. The third kappa shape index (κ3) is 9.40. The van der Waals surface area contributed by atoms with Crippen LogP contribution in [0.2, 0.25) is 0 Å². The van der Waals surface area contributed by atoms with Gasteiger partial charge in [-0.15, -0.1) is 0 Å². The second kappa shape index (κ2) is 14.4. The number of hydrogen-bond donors (Lipinski definition) is 4. The molecule has 1 aliphatic rings. The van der Waals surface area contributed by atoms with Crippen LogP contribution in [0.5, 0.6) is 0 Å². The van der Waals surface area contributed by atoms with E-state index in [-0.39, 0.29) is 43.8 Å². The molecular weight excluding hydrogens is 416 g/mol. The molecule has 1 rings (SSSR count). The fourth-order valence-electron chi connectivity index (χ4n) is 4.55. The molecular formula is C22H42N4O6. The van der Waals surface area contributed by atoms with Crippen molar-refractivity contribution in [1.29, 1.82) is 0 Å². The largest absolute Gasteiger partial charge is 0.480 e. The Kier molecular flexibility index (Phi) is 12.7. The van der Waals surface area contributed by atoms with Crippen LogP contribution in [0, 0.1) is 0 Å². The highest BCUT2D eigenvalue weighted by Gasteiger charge is 2.32. The Balaban J connectivity index is 3.38. The summed E-state index contributed by atoms with van der Waals surface area (Å²) in [5.41, 5.74) is 0. The van der Waals surface area contributed by atoms with E-state index >= 15 is 0 Å². The van der Waals surface area contributed by atoms with E-state index in [4.69, 9.17) is 0 Å². The minimum Gasteiger partial charge on any atom is -0.480 e. The fourth-order valence-corrected chi connectivity index (χ4v) is 4.55. The number of carboxylic acid groups (broad SMARTS) is 3. The van der Waals surface area contributed by atoms with E-state index in [2.05, 4.69) is 5.32 Å². The van der Waals surface area contributed by atoms with Crippen LogP contribution in [0.4, 0.5) is 0 Å². The molecule has 4 atom stereocenters. The van der Waals surface area contributed by atoms with Gasteiger partial charge in [-0.1, -0.05) is 27.7 Å². The predicted octanol–water partition coefficient (Wildman–Crippen LogP) is 0.864. The van der Waals surface area contributed by atoms with Crippen molar-refractivity contribution in [3.8, 4) is 0 Å². The van der Waals surface area contributed by atoms with Crippen molar-refractivity contribution < 1.29 is 29.7 Å². The van der Waals surface area contributed by atoms with Crippen LogP contribution in [-0.2, 0) is 14.4 Å². The van der Waals surface area contributed by atoms with Gasteiger partial charge in [-0.3, -0.25) is 29.1 Å². The molecule has 186 valence electrons. The Morgan fingerprint density at radius 1 is 0.656 bits per heavy atom. The lowest BCUT2D eigenvalue weighted by Gasteiger charge is -2.42. The first kappa shape index (κ1) is 28.3. The molecule has 1 aliphatic heterocycles. The summed E-state index contributed by atoms with van der Waals surface area (Å²) in [7, 11) is 0. The second-order valence-electron chi connectivity index (χ2n) is 8.67. The summed E-state index contributed by atoms with van der Waals surface area (Å²) in [5, 5.41) is 32.1. The van der Waals surface area contributed by atoms with Gasteiger partial charge in [0.05, 0.1) is 19.6 Å². The normalized spacial score (nSPS) is 27.4. The highest BCUT2D eigenvalue weighted by atomic mass is 16.4. The third-order valence-electron chi connectivity index (χ3n) is 6.46. The Morgan fingerprint density at radius 2 is 1.03 bits per heavy atom. The number of aliphatic carboxylic acids is 3. The number of nitrogens with one attached hydrogen (secondary N) is 1. The fraction of sp³-hybridized carbons (Fsp3) is 0.864. The quantitative estimate of drug-likeness (QED) is 0.373. The second-order valence-corrected chi connectivity index (χ2v) is 8.67. The number of rotatable bonds is 10. The maximum Gasteiger partial charge on any atom is 0.317 e. The highest BCUT2D eigenvalue weighted by Crippen LogP contribution is 2.17. The Bertz CT molecular complexity index is 591. The van der Waals surface area contributed by atoms with Crippen LogP contribution in [0.15, 0.2) is 0 Å². The van der Waals surface area contributed by atoms with Gasteiger partial charge in [-0.05, 0) is 25.7 Å². The molecule has 10 heteroatoms. The van der Waals surface area contributed by atoms with Gasteiger partial charge in [0.2, 0.25) is 0 Å². The van der Waals surface area contributed by atoms with E-state index in [1.807, 2.05) is 42.4 Å². The molecule has 0 aliphatic carbocycles. The van der Waals surface area contributed by atoms with Gasteiger partial charge < -0.3 is 20.6 Å². The lowest BCUT2D eigenvalue weighted by Crippen LogP contribution is -2.58. The number of hydrogen-bond acceptors (Lipinski definition) is 7. The standard InChI is InChI=1S/C22H42N4O6/c1-5-16-10-24(13-20(27)28)18(7-3)12-26(15-22(31)32)19(8-4)11-25(14-21(29)30)17(6-2)9-23-16/h16-19,23H,5-15H2,1-4H3,(H,27,28)(H,29,30)(H,31,32)/t16-,17+,18+,19+/m0/s1. The molecule has 0 aromatic rings. The highest BCUT2D eigenvalue weighted by molar-refractivity contribution is 5.70. The maximum absolute atomic E-state index is 11.7. The van der Waals surface area contributed by atoms with E-state index in [0.717, 1.165) is 12.8 Å². The number of nitrogens with zero attached hydrogens (tertiary/aromatic N) is 3. The van der Waals surface area contributed by atoms with Gasteiger partial charge in [-0.2, -0.15) is 0 Å². The molecule has 0 unspecified atom stereocenters. The minimum absolute atomic E-state index is 0.0183. The molecule has 0 aromatic heterocycles. The van der Waals surface area contributed by atoms with Gasteiger partial charge in [0.1, 0.15) is 0 Å². The van der Waals surface area contributed by atoms with E-state index < -0.39 is 17.9 Å². The van der Waals surface area contributed by atoms with Crippen molar-refractivity contribution in [2.75, 3.05) is 45.8 Å². The van der Waals surface area contributed by atoms with E-state index in [9.17, 15) is 29.7 Å². The van der Waals surface area contributed by atoms with Gasteiger partial charge >= 0.3 is 17.9 Å². The van der Waals surface area contributed by atoms with Crippen LogP contribution >= 0.6 is 0 Å². The van der Waals surface area contributed by atoms with Crippen molar-refractivity contribution in [3.63, 3.8) is 0 Å². The summed E-state index contributed by atoms with van der Waals surface area (Å²) in [5.74, 6) is -2.75. The molecule has 1 fully saturated rings. The Morgan fingerprint density at radius 3 is 1.38 bits per heavy atom. The zero-order valence-corrected chi connectivity index (χ0v) is 20.0. The van der Waals surface area contributed by atoms with Gasteiger partial charge in [0.25, 0.3) is 0 Å². The number of carbonyl (C=O) groups is 3. The number of carboxylic acids is 3. The van der Waals surface area contributed by atoms with Crippen molar-refractivity contribution >= 4 is 17.9 Å². The topological polar surface area (TPSA) is 134 Å². The van der Waals surface area contributed by atoms with Gasteiger partial charge in [0.15, 0.2) is 0 Å². The molecule has 32 heavy (non-hydrogen) atoms. The van der Waals surface area contributed by atoms with E-state index in [0.29, 0.717) is 39.0 Å². The molecule has 0 spiro atoms. The SMILES string of the molecule is CC[C@H]1CN(CC(=O)O)[C@H](CC)CN(CC(=O)O)[C@H](CC)CN(CC(=O)O)[C@H](CC)CN1. The summed E-state index contributed by atoms with van der Waals surface area (Å²) < 4.78 is 0. The predicted molar refractivity (Wildman–Crippen MR) is 122 cm³/mol. The van der Waals surface area contributed by atoms with Gasteiger partial charge in [-0.25, -0.2) is 0 Å². The summed E-state index contributed by atoms with van der Waals surface area (Å²) in [4.78, 5) is 40.6. The molecule has 0 bridgehead atoms. The van der Waals surface area contributed by atoms with Crippen molar-refractivity contribution in [1.82, 2.24) is 20.0 Å². The third-order valence-corrected chi connectivity index (χ3v) is 6.46. The lowest BCUT2D eigenvalue weighted by atomic mass is 10.0. The van der Waals surface area contributed by atoms with Crippen LogP contribution < -0.4 is 5.32 Å². The summed E-state index contributed by atoms with van der Waals surface area (Å²) in [6, 6.07) is -0.236. The smallest absolute Gasteiger partial charge is 0.317 e. The van der Waals surface area contributed by atoms with Crippen LogP contribution in [0.3, 0.4) is 0 Å². The van der Waals surface area contributed by atoms with Crippen LogP contribution in [-0.4, -0.2) is 118 Å². The molecule has 4 N–H and O–H groups in total. The first-order valence-electron chi connectivity index (χ1n) is 11.8. The first-order chi connectivity index (χ1) is 15.1. The molecule has 0 saturated carbocycles. The summed E-state index contributed by atoms with van der Waals surface area (Å²) in [6.45, 7) is 9.67. The molecule has 0 amide bonds. The zero-order chi connectivity index (χ0) is 24.3. The molecule has 10 nitrogen and oxygen atoms in total. The van der Waals surface area contributed by atoms with E-state index in [1.54, 1.807) is 0 Å². The Hall–Kier alpha value is -1.75. The van der Waals surface area contributed by atoms with Crippen molar-refractivity contribution in [3.05, 3.63) is 0 Å². The van der Waals surface area contributed by atoms with E-state index in [1.165, 1.54) is 0 Å². The average molecular weight is 459 g/mol. The molecule has 1 saturated heterocycles. The first-order valence-corrected chi connectivity index (χ1v) is 11.8. The summed E-state index contributed by atoms with van der Waals surface area (Å²) >= 11 is 0. The monoisotopic (exact) mass is 458 g/mol. The molecule has 1 heterocycles. The van der Waals surface area contributed by atoms with Crippen molar-refractivity contribution in [2.24, 2.45) is 0 Å². The van der Waals surface area contributed by atoms with Gasteiger partial charge in [0, 0.05) is 50.3 Å². The lowest BCUT2D eigenvalue weighted by molar-refractivity contribution is -0.142. The zero-order valence-electron chi connectivity index (χ0n) is 20.0. The minimum atomic E-state index is -0.944.